The van der Waals surface area contributed by atoms with Gasteiger partial charge in [0.05, 0.1) is 0 Å². The lowest BCUT2D eigenvalue weighted by molar-refractivity contribution is 0.174. The average molecular weight is 377 g/mol. The van der Waals surface area contributed by atoms with E-state index in [2.05, 4.69) is 60.5 Å². The fraction of sp³-hybridized carbons (Fsp3) is 0.714. The molecule has 6 nitrogen and oxygen atoms in total. The number of aliphatic imine (C=N–C) groups is 1. The first-order valence-electron chi connectivity index (χ1n) is 10.5. The molecule has 27 heavy (non-hydrogen) atoms. The molecule has 0 radical (unpaired) electrons. The molecule has 0 bridgehead atoms. The van der Waals surface area contributed by atoms with Crippen LogP contribution in [0.5, 0.6) is 0 Å². The van der Waals surface area contributed by atoms with Gasteiger partial charge in [0.1, 0.15) is 5.82 Å². The van der Waals surface area contributed by atoms with Gasteiger partial charge in [0.15, 0.2) is 5.96 Å². The summed E-state index contributed by atoms with van der Waals surface area (Å²) in [7, 11) is 0. The van der Waals surface area contributed by atoms with Crippen LogP contribution in [0.3, 0.4) is 0 Å². The molecule has 0 saturated carbocycles. The highest BCUT2D eigenvalue weighted by Gasteiger charge is 2.12. The summed E-state index contributed by atoms with van der Waals surface area (Å²) in [6, 6.07) is 7.09. The topological polar surface area (TPSA) is 64.6 Å². The Bertz CT molecular complexity index is 493. The predicted molar refractivity (Wildman–Crippen MR) is 118 cm³/mol. The normalized spacial score (nSPS) is 12.1. The van der Waals surface area contributed by atoms with Gasteiger partial charge in [0, 0.05) is 51.0 Å². The van der Waals surface area contributed by atoms with Gasteiger partial charge in [-0.25, -0.2) is 4.98 Å². The highest BCUT2D eigenvalue weighted by atomic mass is 15.2. The van der Waals surface area contributed by atoms with Crippen molar-refractivity contribution < 1.29 is 0 Å². The van der Waals surface area contributed by atoms with E-state index in [4.69, 9.17) is 4.99 Å². The second-order valence-corrected chi connectivity index (χ2v) is 7.32. The Balaban J connectivity index is 2.21. The molecule has 0 aliphatic heterocycles. The van der Waals surface area contributed by atoms with Crippen LogP contribution in [0.4, 0.5) is 5.82 Å². The Morgan fingerprint density at radius 1 is 1.04 bits per heavy atom. The van der Waals surface area contributed by atoms with Crippen molar-refractivity contribution in [1.29, 1.82) is 0 Å². The maximum absolute atomic E-state index is 4.71. The van der Waals surface area contributed by atoms with Crippen LogP contribution < -0.4 is 16.0 Å². The van der Waals surface area contributed by atoms with Crippen molar-refractivity contribution >= 4 is 11.8 Å². The molecule has 1 aromatic heterocycles. The number of nitrogens with zero attached hydrogens (tertiary/aromatic N) is 3. The molecule has 0 spiro atoms. The Morgan fingerprint density at radius 2 is 1.78 bits per heavy atom. The molecule has 1 heterocycles. The first kappa shape index (κ1) is 23.2. The van der Waals surface area contributed by atoms with Gasteiger partial charge in [-0.15, -0.1) is 0 Å². The lowest BCUT2D eigenvalue weighted by atomic mass is 10.2. The minimum absolute atomic E-state index is 0.583. The van der Waals surface area contributed by atoms with Gasteiger partial charge in [0.25, 0.3) is 0 Å². The summed E-state index contributed by atoms with van der Waals surface area (Å²) < 4.78 is 0. The fourth-order valence-corrected chi connectivity index (χ4v) is 3.04. The monoisotopic (exact) mass is 376 g/mol. The zero-order chi connectivity index (χ0) is 19.9. The number of rotatable bonds is 13. The molecule has 1 aromatic rings. The van der Waals surface area contributed by atoms with Crippen LogP contribution in [-0.2, 0) is 0 Å². The van der Waals surface area contributed by atoms with Crippen LogP contribution in [0.25, 0.3) is 0 Å². The number of hydrogen-bond donors (Lipinski definition) is 3. The van der Waals surface area contributed by atoms with E-state index < -0.39 is 0 Å². The second-order valence-electron chi connectivity index (χ2n) is 7.32. The first-order valence-corrected chi connectivity index (χ1v) is 10.5. The third-order valence-corrected chi connectivity index (χ3v) is 4.38. The summed E-state index contributed by atoms with van der Waals surface area (Å²) in [6.45, 7) is 15.9. The number of anilines is 1. The molecule has 154 valence electrons. The number of hydrogen-bond acceptors (Lipinski definition) is 4. The third kappa shape index (κ3) is 10.8. The van der Waals surface area contributed by atoms with Crippen molar-refractivity contribution in [1.82, 2.24) is 20.5 Å². The molecule has 0 unspecified atom stereocenters. The first-order chi connectivity index (χ1) is 13.0. The molecule has 6 heteroatoms. The average Bonchev–Trinajstić information content (AvgIpc) is 2.64. The van der Waals surface area contributed by atoms with E-state index in [-0.39, 0.29) is 0 Å². The SMILES string of the molecule is CCNC(=NCCCN(C(C)C)C(C)C)NCCCCNc1ccccn1. The summed E-state index contributed by atoms with van der Waals surface area (Å²) in [6.07, 6.45) is 5.09. The van der Waals surface area contributed by atoms with E-state index in [1.807, 2.05) is 24.4 Å². The van der Waals surface area contributed by atoms with Crippen molar-refractivity contribution in [2.45, 2.75) is 66.0 Å². The maximum Gasteiger partial charge on any atom is 0.191 e. The highest BCUT2D eigenvalue weighted by Crippen LogP contribution is 2.05. The Hall–Kier alpha value is -1.82. The van der Waals surface area contributed by atoms with Crippen LogP contribution in [0.1, 0.15) is 53.9 Å². The molecule has 0 amide bonds. The molecular formula is C21H40N6. The smallest absolute Gasteiger partial charge is 0.191 e. The van der Waals surface area contributed by atoms with Gasteiger partial charge in [0.2, 0.25) is 0 Å². The lowest BCUT2D eigenvalue weighted by Crippen LogP contribution is -2.39. The minimum Gasteiger partial charge on any atom is -0.370 e. The van der Waals surface area contributed by atoms with Crippen LogP contribution in [0.2, 0.25) is 0 Å². The van der Waals surface area contributed by atoms with Crippen LogP contribution in [-0.4, -0.2) is 60.7 Å². The predicted octanol–water partition coefficient (Wildman–Crippen LogP) is 3.34. The quantitative estimate of drug-likeness (QED) is 0.280. The van der Waals surface area contributed by atoms with Crippen molar-refractivity contribution in [3.8, 4) is 0 Å². The van der Waals surface area contributed by atoms with Gasteiger partial charge < -0.3 is 16.0 Å². The molecule has 0 atom stereocenters. The van der Waals surface area contributed by atoms with Crippen LogP contribution in [0, 0.1) is 0 Å². The largest absolute Gasteiger partial charge is 0.370 e. The zero-order valence-electron chi connectivity index (χ0n) is 18.0. The lowest BCUT2D eigenvalue weighted by Gasteiger charge is -2.30. The molecule has 0 saturated heterocycles. The van der Waals surface area contributed by atoms with Crippen LogP contribution in [0.15, 0.2) is 29.4 Å². The van der Waals surface area contributed by atoms with Gasteiger partial charge >= 0.3 is 0 Å². The van der Waals surface area contributed by atoms with E-state index in [9.17, 15) is 0 Å². The molecule has 1 rings (SSSR count). The summed E-state index contributed by atoms with van der Waals surface area (Å²) in [4.78, 5) is 11.5. The van der Waals surface area contributed by atoms with E-state index in [0.29, 0.717) is 12.1 Å². The minimum atomic E-state index is 0.583. The zero-order valence-corrected chi connectivity index (χ0v) is 18.0. The standard InChI is InChI=1S/C21H40N6/c1-6-22-21(26-16-11-17-27(18(2)3)19(4)5)25-15-10-9-14-24-20-12-7-8-13-23-20/h7-8,12-13,18-19H,6,9-11,14-17H2,1-5H3,(H,23,24)(H2,22,25,26). The Labute approximate surface area is 166 Å². The summed E-state index contributed by atoms with van der Waals surface area (Å²) in [5, 5.41) is 10.1. The number of nitrogens with one attached hydrogen (secondary N) is 3. The van der Waals surface area contributed by atoms with E-state index in [1.165, 1.54) is 0 Å². The van der Waals surface area contributed by atoms with Gasteiger partial charge in [-0.3, -0.25) is 9.89 Å². The van der Waals surface area contributed by atoms with Crippen molar-refractivity contribution in [3.63, 3.8) is 0 Å². The fourth-order valence-electron chi connectivity index (χ4n) is 3.04. The van der Waals surface area contributed by atoms with E-state index in [0.717, 1.165) is 63.8 Å². The van der Waals surface area contributed by atoms with Gasteiger partial charge in [-0.1, -0.05) is 6.07 Å². The molecule has 3 N–H and O–H groups in total. The van der Waals surface area contributed by atoms with Gasteiger partial charge in [-0.05, 0) is 66.0 Å². The summed E-state index contributed by atoms with van der Waals surface area (Å²) in [5.74, 6) is 1.87. The third-order valence-electron chi connectivity index (χ3n) is 4.38. The van der Waals surface area contributed by atoms with Crippen molar-refractivity contribution in [3.05, 3.63) is 24.4 Å². The van der Waals surface area contributed by atoms with Crippen molar-refractivity contribution in [2.24, 2.45) is 4.99 Å². The summed E-state index contributed by atoms with van der Waals surface area (Å²) >= 11 is 0. The molecule has 0 aliphatic rings. The second kappa shape index (κ2) is 14.3. The summed E-state index contributed by atoms with van der Waals surface area (Å²) in [5.41, 5.74) is 0. The molecule has 0 aromatic carbocycles. The highest BCUT2D eigenvalue weighted by molar-refractivity contribution is 5.79. The Morgan fingerprint density at radius 3 is 2.41 bits per heavy atom. The number of unbranched alkanes of at least 4 members (excludes halogenated alkanes) is 1. The number of pyridine rings is 1. The van der Waals surface area contributed by atoms with Gasteiger partial charge in [-0.2, -0.15) is 0 Å². The van der Waals surface area contributed by atoms with Crippen molar-refractivity contribution in [2.75, 3.05) is 38.0 Å². The van der Waals surface area contributed by atoms with Crippen LogP contribution >= 0.6 is 0 Å². The van der Waals surface area contributed by atoms with E-state index in [1.54, 1.807) is 0 Å². The molecular weight excluding hydrogens is 336 g/mol. The number of aromatic nitrogens is 1. The molecule has 0 fully saturated rings. The number of guanidine groups is 1. The Kier molecular flexibility index (Phi) is 12.3. The maximum atomic E-state index is 4.71. The molecule has 0 aliphatic carbocycles. The van der Waals surface area contributed by atoms with E-state index >= 15 is 0 Å².